The summed E-state index contributed by atoms with van der Waals surface area (Å²) in [5.41, 5.74) is 0.501. The number of aliphatic hydroxyl groups is 1. The number of nitrogens with one attached hydrogen (secondary N) is 1. The lowest BCUT2D eigenvalue weighted by molar-refractivity contribution is 0.0937. The van der Waals surface area contributed by atoms with Gasteiger partial charge in [-0.25, -0.2) is 4.39 Å². The molecule has 2 unspecified atom stereocenters. The third-order valence-electron chi connectivity index (χ3n) is 3.75. The second kappa shape index (κ2) is 6.65. The van der Waals surface area contributed by atoms with Crippen LogP contribution in [0.5, 0.6) is 0 Å². The van der Waals surface area contributed by atoms with Crippen molar-refractivity contribution in [3.63, 3.8) is 0 Å². The Bertz CT molecular complexity index is 467. The summed E-state index contributed by atoms with van der Waals surface area (Å²) in [5, 5.41) is 12.1. The number of hydrogen-bond donors (Lipinski definition) is 2. The Morgan fingerprint density at radius 2 is 2.16 bits per heavy atom. The van der Waals surface area contributed by atoms with Crippen LogP contribution in [0.15, 0.2) is 18.2 Å². The minimum Gasteiger partial charge on any atom is -0.396 e. The van der Waals surface area contributed by atoms with Gasteiger partial charge < -0.3 is 10.4 Å². The first kappa shape index (κ1) is 14.7. The molecule has 3 nitrogen and oxygen atoms in total. The Hall–Kier alpha value is -0.690. The smallest absolute Gasteiger partial charge is 0.252 e. The molecule has 0 radical (unpaired) electrons. The molecule has 1 aromatic rings. The van der Waals surface area contributed by atoms with Crippen LogP contribution in [0.3, 0.4) is 0 Å². The van der Waals surface area contributed by atoms with Gasteiger partial charge in [0.05, 0.1) is 5.56 Å². The molecule has 0 heterocycles. The standard InChI is InChI=1S/C14H17FINO2/c15-11-4-5-12(13(16)6-11)14(19)17-7-9-2-1-3-10(9)8-18/h4-6,9-10,18H,1-3,7-8H2,(H,17,19). The summed E-state index contributed by atoms with van der Waals surface area (Å²) in [6, 6.07) is 4.15. The molecule has 104 valence electrons. The van der Waals surface area contributed by atoms with Crippen LogP contribution < -0.4 is 5.32 Å². The second-order valence-corrected chi connectivity index (χ2v) is 6.13. The van der Waals surface area contributed by atoms with Crippen molar-refractivity contribution in [2.24, 2.45) is 11.8 Å². The van der Waals surface area contributed by atoms with Gasteiger partial charge in [0.15, 0.2) is 0 Å². The monoisotopic (exact) mass is 377 g/mol. The highest BCUT2D eigenvalue weighted by Gasteiger charge is 2.26. The van der Waals surface area contributed by atoms with Gasteiger partial charge in [0.25, 0.3) is 5.91 Å². The second-order valence-electron chi connectivity index (χ2n) is 4.97. The highest BCUT2D eigenvalue weighted by molar-refractivity contribution is 14.1. The van der Waals surface area contributed by atoms with Crippen molar-refractivity contribution >= 4 is 28.5 Å². The van der Waals surface area contributed by atoms with Crippen molar-refractivity contribution in [3.8, 4) is 0 Å². The fraction of sp³-hybridized carbons (Fsp3) is 0.500. The molecule has 19 heavy (non-hydrogen) atoms. The lowest BCUT2D eigenvalue weighted by Crippen LogP contribution is -2.32. The fourth-order valence-electron chi connectivity index (χ4n) is 2.62. The predicted octanol–water partition coefficient (Wildman–Crippen LogP) is 2.57. The molecule has 1 fully saturated rings. The van der Waals surface area contributed by atoms with Crippen molar-refractivity contribution in [2.45, 2.75) is 19.3 Å². The number of benzene rings is 1. The number of rotatable bonds is 4. The molecule has 0 spiro atoms. The summed E-state index contributed by atoms with van der Waals surface area (Å²) in [7, 11) is 0. The summed E-state index contributed by atoms with van der Waals surface area (Å²) in [6.45, 7) is 0.770. The topological polar surface area (TPSA) is 49.3 Å². The van der Waals surface area contributed by atoms with E-state index in [1.807, 2.05) is 22.6 Å². The summed E-state index contributed by atoms with van der Waals surface area (Å²) in [6.07, 6.45) is 3.19. The SMILES string of the molecule is O=C(NCC1CCCC1CO)c1ccc(F)cc1I. The molecule has 2 rings (SSSR count). The molecule has 0 bridgehead atoms. The number of halogens is 2. The zero-order chi connectivity index (χ0) is 13.8. The minimum absolute atomic E-state index is 0.173. The molecule has 1 saturated carbocycles. The van der Waals surface area contributed by atoms with Crippen molar-refractivity contribution in [1.82, 2.24) is 5.32 Å². The molecule has 2 atom stereocenters. The van der Waals surface area contributed by atoms with E-state index >= 15 is 0 Å². The van der Waals surface area contributed by atoms with Gasteiger partial charge in [-0.1, -0.05) is 6.42 Å². The fourth-order valence-corrected chi connectivity index (χ4v) is 3.34. The van der Waals surface area contributed by atoms with Crippen LogP contribution >= 0.6 is 22.6 Å². The number of hydrogen-bond acceptors (Lipinski definition) is 2. The Labute approximate surface area is 125 Å². The molecule has 0 aromatic heterocycles. The van der Waals surface area contributed by atoms with Gasteiger partial charge in [0.1, 0.15) is 5.82 Å². The number of amides is 1. The predicted molar refractivity (Wildman–Crippen MR) is 79.4 cm³/mol. The average Bonchev–Trinajstić information content (AvgIpc) is 2.83. The van der Waals surface area contributed by atoms with Gasteiger partial charge in [-0.15, -0.1) is 0 Å². The quantitative estimate of drug-likeness (QED) is 0.793. The van der Waals surface area contributed by atoms with E-state index in [1.54, 1.807) is 0 Å². The summed E-state index contributed by atoms with van der Waals surface area (Å²) in [4.78, 5) is 12.0. The number of carbonyl (C=O) groups is 1. The van der Waals surface area contributed by atoms with E-state index in [9.17, 15) is 14.3 Å². The van der Waals surface area contributed by atoms with Gasteiger partial charge in [0, 0.05) is 16.7 Å². The zero-order valence-corrected chi connectivity index (χ0v) is 12.7. The van der Waals surface area contributed by atoms with Crippen LogP contribution in [0.25, 0.3) is 0 Å². The molecule has 1 aromatic carbocycles. The lowest BCUT2D eigenvalue weighted by atomic mass is 9.97. The Morgan fingerprint density at radius 3 is 2.84 bits per heavy atom. The van der Waals surface area contributed by atoms with Crippen molar-refractivity contribution < 1.29 is 14.3 Å². The Balaban J connectivity index is 1.94. The molecular formula is C14H17FINO2. The van der Waals surface area contributed by atoms with Crippen LogP contribution in [0, 0.1) is 21.2 Å². The van der Waals surface area contributed by atoms with Crippen molar-refractivity contribution in [3.05, 3.63) is 33.1 Å². The number of carbonyl (C=O) groups excluding carboxylic acids is 1. The van der Waals surface area contributed by atoms with Gasteiger partial charge >= 0.3 is 0 Å². The zero-order valence-electron chi connectivity index (χ0n) is 10.5. The van der Waals surface area contributed by atoms with Crippen molar-refractivity contribution in [2.75, 3.05) is 13.2 Å². The van der Waals surface area contributed by atoms with Crippen LogP contribution in [0.2, 0.25) is 0 Å². The van der Waals surface area contributed by atoms with Crippen LogP contribution in [-0.4, -0.2) is 24.2 Å². The number of aliphatic hydroxyl groups excluding tert-OH is 1. The molecule has 2 N–H and O–H groups in total. The highest BCUT2D eigenvalue weighted by atomic mass is 127. The maximum Gasteiger partial charge on any atom is 0.252 e. The lowest BCUT2D eigenvalue weighted by Gasteiger charge is -2.18. The van der Waals surface area contributed by atoms with Crippen LogP contribution in [0.4, 0.5) is 4.39 Å². The Kier molecular flexibility index (Phi) is 5.15. The van der Waals surface area contributed by atoms with E-state index in [2.05, 4.69) is 5.32 Å². The van der Waals surface area contributed by atoms with Crippen LogP contribution in [-0.2, 0) is 0 Å². The molecule has 1 aliphatic rings. The third kappa shape index (κ3) is 3.66. The van der Waals surface area contributed by atoms with E-state index in [0.29, 0.717) is 27.5 Å². The first-order valence-electron chi connectivity index (χ1n) is 6.46. The summed E-state index contributed by atoms with van der Waals surface area (Å²) < 4.78 is 13.6. The molecule has 1 amide bonds. The van der Waals surface area contributed by atoms with Crippen LogP contribution in [0.1, 0.15) is 29.6 Å². The van der Waals surface area contributed by atoms with Gasteiger partial charge in [0.2, 0.25) is 0 Å². The molecule has 0 aliphatic heterocycles. The van der Waals surface area contributed by atoms with E-state index in [1.165, 1.54) is 18.2 Å². The molecule has 1 aliphatic carbocycles. The van der Waals surface area contributed by atoms with Gasteiger partial charge in [-0.05, 0) is 65.5 Å². The van der Waals surface area contributed by atoms with E-state index in [4.69, 9.17) is 0 Å². The average molecular weight is 377 g/mol. The van der Waals surface area contributed by atoms with Gasteiger partial charge in [-0.3, -0.25) is 4.79 Å². The molecule has 0 saturated heterocycles. The van der Waals surface area contributed by atoms with E-state index in [0.717, 1.165) is 19.3 Å². The Morgan fingerprint density at radius 1 is 1.42 bits per heavy atom. The summed E-state index contributed by atoms with van der Waals surface area (Å²) in [5.74, 6) is 0.143. The minimum atomic E-state index is -0.336. The van der Waals surface area contributed by atoms with Gasteiger partial charge in [-0.2, -0.15) is 0 Å². The maximum atomic E-state index is 13.0. The largest absolute Gasteiger partial charge is 0.396 e. The van der Waals surface area contributed by atoms with E-state index in [-0.39, 0.29) is 18.3 Å². The van der Waals surface area contributed by atoms with Crippen molar-refractivity contribution in [1.29, 1.82) is 0 Å². The summed E-state index contributed by atoms with van der Waals surface area (Å²) >= 11 is 1.96. The maximum absolute atomic E-state index is 13.0. The first-order chi connectivity index (χ1) is 9.11. The normalized spacial score (nSPS) is 22.5. The molecular weight excluding hydrogens is 360 g/mol. The molecule has 5 heteroatoms. The van der Waals surface area contributed by atoms with E-state index < -0.39 is 0 Å². The third-order valence-corrected chi connectivity index (χ3v) is 4.64. The highest BCUT2D eigenvalue weighted by Crippen LogP contribution is 2.30. The first-order valence-corrected chi connectivity index (χ1v) is 7.53.